The molecule has 1 aliphatic rings. The van der Waals surface area contributed by atoms with E-state index in [-0.39, 0.29) is 18.1 Å². The van der Waals surface area contributed by atoms with Crippen molar-refractivity contribution in [3.63, 3.8) is 0 Å². The first kappa shape index (κ1) is 57.1. The van der Waals surface area contributed by atoms with Crippen molar-refractivity contribution >= 4 is 53.3 Å². The van der Waals surface area contributed by atoms with Gasteiger partial charge in [0.1, 0.15) is 48.1 Å². The molecule has 7 amide bonds. The summed E-state index contributed by atoms with van der Waals surface area (Å²) in [5.41, 5.74) is 16.5. The van der Waals surface area contributed by atoms with Gasteiger partial charge in [0.2, 0.25) is 41.4 Å². The number of amides is 7. The summed E-state index contributed by atoms with van der Waals surface area (Å²) in [5, 5.41) is 45.9. The number of hydrogen-bond donors (Lipinski definition) is 12. The van der Waals surface area contributed by atoms with E-state index in [1.807, 2.05) is 0 Å². The molecule has 15 N–H and O–H groups in total. The lowest BCUT2D eigenvalue weighted by Gasteiger charge is -2.30. The first-order chi connectivity index (χ1) is 31.6. The lowest BCUT2D eigenvalue weighted by Crippen LogP contribution is -2.62. The largest absolute Gasteiger partial charge is 0.508 e. The van der Waals surface area contributed by atoms with E-state index in [0.717, 1.165) is 57.8 Å². The molecule has 1 aromatic rings. The first-order valence-electron chi connectivity index (χ1n) is 23.1. The fourth-order valence-electron chi connectivity index (χ4n) is 7.23. The van der Waals surface area contributed by atoms with E-state index in [2.05, 4.69) is 36.9 Å². The molecule has 0 radical (unpaired) electrons. The molecule has 1 aliphatic heterocycles. The van der Waals surface area contributed by atoms with Gasteiger partial charge in [-0.1, -0.05) is 83.8 Å². The summed E-state index contributed by atoms with van der Waals surface area (Å²) in [7, 11) is 0. The Morgan fingerprint density at radius 1 is 0.701 bits per heavy atom. The van der Waals surface area contributed by atoms with Crippen molar-refractivity contribution in [1.29, 1.82) is 0 Å². The second-order valence-electron chi connectivity index (χ2n) is 17.5. The predicted molar refractivity (Wildman–Crippen MR) is 247 cm³/mol. The van der Waals surface area contributed by atoms with E-state index in [4.69, 9.17) is 21.9 Å². The van der Waals surface area contributed by atoms with Crippen molar-refractivity contribution in [2.24, 2.45) is 28.1 Å². The number of nitrogens with one attached hydrogen (secondary N) is 6. The third-order valence-electron chi connectivity index (χ3n) is 11.1. The molecule has 0 aromatic heterocycles. The Morgan fingerprint density at radius 2 is 1.22 bits per heavy atom. The second-order valence-corrected chi connectivity index (χ2v) is 17.5. The van der Waals surface area contributed by atoms with Gasteiger partial charge in [0.05, 0.1) is 25.0 Å². The first-order valence-corrected chi connectivity index (χ1v) is 23.1. The number of cyclic esters (lactones) is 1. The highest BCUT2D eigenvalue weighted by Crippen LogP contribution is 2.16. The minimum absolute atomic E-state index is 0.0796. The van der Waals surface area contributed by atoms with Crippen LogP contribution in [0.4, 0.5) is 0 Å². The Bertz CT molecular complexity index is 1830. The molecule has 22 heteroatoms. The minimum Gasteiger partial charge on any atom is -0.508 e. The van der Waals surface area contributed by atoms with Crippen molar-refractivity contribution in [2.75, 3.05) is 6.54 Å². The lowest BCUT2D eigenvalue weighted by molar-refractivity contribution is -0.155. The quantitative estimate of drug-likeness (QED) is 0.0288. The molecule has 0 spiro atoms. The molecule has 0 bridgehead atoms. The maximum absolute atomic E-state index is 14.1. The number of aliphatic imine (C=N–C) groups is 1. The van der Waals surface area contributed by atoms with Crippen LogP contribution >= 0.6 is 0 Å². The Labute approximate surface area is 392 Å². The van der Waals surface area contributed by atoms with Crippen LogP contribution in [0.2, 0.25) is 0 Å². The monoisotopic (exact) mass is 947 g/mol. The number of esters is 1. The molecule has 0 unspecified atom stereocenters. The molecule has 22 nitrogen and oxygen atoms in total. The van der Waals surface area contributed by atoms with E-state index in [1.54, 1.807) is 13.8 Å². The third-order valence-corrected chi connectivity index (χ3v) is 11.1. The number of benzene rings is 1. The predicted octanol–water partition coefficient (Wildman–Crippen LogP) is -0.964. The Morgan fingerprint density at radius 3 is 1.78 bits per heavy atom. The lowest BCUT2D eigenvalue weighted by atomic mass is 9.99. The SMILES string of the molecule is CC(C)[C@H]1NC(=O)[C@@H](NC(=O)C[C@H](O)CCCCCCCCCCCCN=C(N)N)[C@@H](C)OC(=O)[C@@H](C)NC(=O)[C@@H](CC(N)=O)NC(=O)[C@@H]([C@@H](C)O)NC(=O)[C@H](Cc2ccc(O)cc2)NC1=O. The molecule has 2 rings (SSSR count). The number of phenolic OH excluding ortho intramolecular Hbond substituents is 1. The molecule has 0 aliphatic carbocycles. The summed E-state index contributed by atoms with van der Waals surface area (Å²) < 4.78 is 5.55. The topological polar surface area (TPSA) is 369 Å². The third kappa shape index (κ3) is 21.9. The molecule has 0 saturated carbocycles. The van der Waals surface area contributed by atoms with E-state index < -0.39 is 121 Å². The van der Waals surface area contributed by atoms with Crippen molar-refractivity contribution in [1.82, 2.24) is 31.9 Å². The van der Waals surface area contributed by atoms with Crippen LogP contribution in [0.1, 0.15) is 124 Å². The number of ether oxygens (including phenoxy) is 1. The van der Waals surface area contributed by atoms with Crippen molar-refractivity contribution in [2.45, 2.75) is 179 Å². The molecule has 67 heavy (non-hydrogen) atoms. The highest BCUT2D eigenvalue weighted by Gasteiger charge is 2.38. The van der Waals surface area contributed by atoms with E-state index in [0.29, 0.717) is 24.9 Å². The minimum atomic E-state index is -1.75. The average Bonchev–Trinajstić information content (AvgIpc) is 3.24. The summed E-state index contributed by atoms with van der Waals surface area (Å²) in [5.74, 6) is -8.52. The van der Waals surface area contributed by atoms with Gasteiger partial charge in [-0.05, 0) is 57.2 Å². The van der Waals surface area contributed by atoms with Crippen molar-refractivity contribution < 1.29 is 58.4 Å². The van der Waals surface area contributed by atoms with Gasteiger partial charge in [-0.15, -0.1) is 0 Å². The molecule has 376 valence electrons. The van der Waals surface area contributed by atoms with E-state index in [9.17, 15) is 53.7 Å². The second kappa shape index (κ2) is 29.6. The van der Waals surface area contributed by atoms with Crippen LogP contribution in [0.3, 0.4) is 0 Å². The normalized spacial score (nSPS) is 23.4. The van der Waals surface area contributed by atoms with Crippen LogP contribution in [0.5, 0.6) is 5.75 Å². The van der Waals surface area contributed by atoms with Gasteiger partial charge in [-0.2, -0.15) is 0 Å². The number of nitrogens with zero attached hydrogens (tertiary/aromatic N) is 1. The molecular formula is C45H74N10O12. The van der Waals surface area contributed by atoms with Crippen LogP contribution in [0, 0.1) is 5.92 Å². The number of carbonyl (C=O) groups excluding carboxylic acids is 8. The summed E-state index contributed by atoms with van der Waals surface area (Å²) >= 11 is 0. The van der Waals surface area contributed by atoms with Gasteiger partial charge in [0, 0.05) is 13.0 Å². The smallest absolute Gasteiger partial charge is 0.328 e. The van der Waals surface area contributed by atoms with E-state index in [1.165, 1.54) is 45.0 Å². The van der Waals surface area contributed by atoms with Gasteiger partial charge < -0.3 is 69.2 Å². The molecule has 1 fully saturated rings. The zero-order valence-corrected chi connectivity index (χ0v) is 39.4. The highest BCUT2D eigenvalue weighted by molar-refractivity contribution is 5.98. The van der Waals surface area contributed by atoms with E-state index >= 15 is 0 Å². The fourth-order valence-corrected chi connectivity index (χ4v) is 7.23. The number of nitrogens with two attached hydrogens (primary N) is 3. The van der Waals surface area contributed by atoms with Gasteiger partial charge in [0.25, 0.3) is 0 Å². The average molecular weight is 947 g/mol. The number of aliphatic hydroxyl groups excluding tert-OH is 2. The van der Waals surface area contributed by atoms with Crippen molar-refractivity contribution in [3.05, 3.63) is 29.8 Å². The van der Waals surface area contributed by atoms with Crippen LogP contribution in [-0.4, -0.2) is 130 Å². The van der Waals surface area contributed by atoms with Crippen LogP contribution in [-0.2, 0) is 49.5 Å². The fraction of sp³-hybridized carbons (Fsp3) is 0.667. The molecular weight excluding hydrogens is 873 g/mol. The van der Waals surface area contributed by atoms with Crippen LogP contribution in [0.25, 0.3) is 0 Å². The summed E-state index contributed by atoms with van der Waals surface area (Å²) in [4.78, 5) is 112. The molecule has 1 saturated heterocycles. The number of unbranched alkanes of at least 4 members (excludes halogenated alkanes) is 9. The molecule has 1 heterocycles. The number of carbonyl (C=O) groups is 8. The number of aliphatic hydroxyl groups is 2. The maximum atomic E-state index is 14.1. The van der Waals surface area contributed by atoms with Gasteiger partial charge in [-0.3, -0.25) is 38.6 Å². The molecule has 9 atom stereocenters. The number of phenols is 1. The van der Waals surface area contributed by atoms with Crippen LogP contribution < -0.4 is 49.1 Å². The highest BCUT2D eigenvalue weighted by atomic mass is 16.5. The Hall–Kier alpha value is -6.03. The zero-order chi connectivity index (χ0) is 50.2. The maximum Gasteiger partial charge on any atom is 0.328 e. The van der Waals surface area contributed by atoms with Gasteiger partial charge >= 0.3 is 5.97 Å². The van der Waals surface area contributed by atoms with Crippen LogP contribution in [0.15, 0.2) is 29.3 Å². The molecule has 1 aromatic carbocycles. The number of rotatable bonds is 22. The summed E-state index contributed by atoms with van der Waals surface area (Å²) in [6.45, 7) is 7.52. The Balaban J connectivity index is 2.31. The number of aromatic hydroxyl groups is 1. The number of primary amides is 1. The summed E-state index contributed by atoms with van der Waals surface area (Å²) in [6, 6.07) is -3.77. The zero-order valence-electron chi connectivity index (χ0n) is 39.4. The summed E-state index contributed by atoms with van der Waals surface area (Å²) in [6.07, 6.45) is 4.77. The van der Waals surface area contributed by atoms with Gasteiger partial charge in [0.15, 0.2) is 5.96 Å². The Kier molecular flexibility index (Phi) is 25.2. The number of hydrogen-bond acceptors (Lipinski definition) is 13. The van der Waals surface area contributed by atoms with Crippen molar-refractivity contribution in [3.8, 4) is 5.75 Å². The number of guanidine groups is 1. The van der Waals surface area contributed by atoms with Gasteiger partial charge in [-0.25, -0.2) is 4.79 Å². The standard InChI is InChI=1S/C45H74N10O12/c1-25(2)36-41(63)51-32(22-29-17-19-30(57)20-18-29)40(62)55-37(27(4)56)42(64)52-33(24-34(46)59)39(61)50-26(3)44(66)67-28(5)38(43(65)54-36)53-35(60)23-31(58)16-14-12-10-8-6-7-9-11-13-15-21-49-45(47)48/h17-20,25-28,31-33,36-38,56-58H,6-16,21-24H2,1-5H3,(H2,46,59)(H,50,61)(H,51,63)(H,52,64)(H,53,60)(H,54,65)(H,55,62)(H4,47,48,49)/t26-,27-,28-,31-,32+,33-,36-,37-,38+/m1/s1.